The van der Waals surface area contributed by atoms with Crippen molar-refractivity contribution in [2.24, 2.45) is 0 Å². The molecule has 7 nitrogen and oxygen atoms in total. The highest BCUT2D eigenvalue weighted by atomic mass is 16.6. The molecule has 0 aliphatic heterocycles. The lowest BCUT2D eigenvalue weighted by Crippen LogP contribution is -2.07. The Morgan fingerprint density at radius 1 is 1.75 bits per heavy atom. The van der Waals surface area contributed by atoms with Gasteiger partial charge in [-0.3, -0.25) is 10.1 Å². The number of rotatable bonds is 3. The molecule has 0 aliphatic rings. The monoisotopic (exact) mass is 174 g/mol. The van der Waals surface area contributed by atoms with Crippen LogP contribution < -0.4 is 0 Å². The fourth-order valence-corrected chi connectivity index (χ4v) is 0.433. The molecule has 0 spiro atoms. The van der Waals surface area contributed by atoms with E-state index in [9.17, 15) is 10.1 Å². The number of nitrogens with zero attached hydrogens (tertiary/aromatic N) is 3. The maximum atomic E-state index is 10.0. The van der Waals surface area contributed by atoms with Crippen molar-refractivity contribution in [3.63, 3.8) is 0 Å². The second-order valence-electron chi connectivity index (χ2n) is 2.15. The van der Waals surface area contributed by atoms with E-state index in [2.05, 4.69) is 9.71 Å². The molecular weight excluding hydrogens is 166 g/mol. The molecular formula is C5H8N3O4+. The molecule has 0 rings (SSSR count). The number of hydrogen-bond donors (Lipinski definition) is 1. The minimum absolute atomic E-state index is 0.429. The lowest BCUT2D eigenvalue weighted by molar-refractivity contribution is -0.425. The molecule has 0 saturated heterocycles. The largest absolute Gasteiger partial charge is 0.747 e. The van der Waals surface area contributed by atoms with E-state index in [1.807, 2.05) is 0 Å². The number of aliphatic hydroxyl groups is 1. The lowest BCUT2D eigenvalue weighted by Gasteiger charge is -2.02. The summed E-state index contributed by atoms with van der Waals surface area (Å²) in [5.41, 5.74) is 0. The first-order valence-corrected chi connectivity index (χ1v) is 3.08. The van der Waals surface area contributed by atoms with Gasteiger partial charge < -0.3 is 9.84 Å². The molecule has 0 radical (unpaired) electrons. The third kappa shape index (κ3) is 2.83. The number of nitro groups is 1. The van der Waals surface area contributed by atoms with Crippen LogP contribution in [0.2, 0.25) is 0 Å². The zero-order valence-electron chi connectivity index (χ0n) is 6.59. The summed E-state index contributed by atoms with van der Waals surface area (Å²) in [7, 11) is 0. The highest BCUT2D eigenvalue weighted by Gasteiger charge is 2.36. The van der Waals surface area contributed by atoms with Crippen LogP contribution in [-0.4, -0.2) is 16.1 Å². The first-order valence-electron chi connectivity index (χ1n) is 3.08. The summed E-state index contributed by atoms with van der Waals surface area (Å²) in [5.74, 6) is -2.11. The van der Waals surface area contributed by atoms with Crippen molar-refractivity contribution in [2.45, 2.75) is 20.0 Å². The molecule has 0 heterocycles. The molecule has 0 aromatic heterocycles. The standard InChI is InChI=1S/C5H7N3O4/c1-3(2)12-5(9)4(7-6)8(10)11/h3H,1-2H3/p+1/b5-4+. The summed E-state index contributed by atoms with van der Waals surface area (Å²) < 4.78 is 4.50. The molecule has 0 atom stereocenters. The fourth-order valence-electron chi connectivity index (χ4n) is 0.433. The second-order valence-corrected chi connectivity index (χ2v) is 2.15. The Kier molecular flexibility index (Phi) is 3.49. The van der Waals surface area contributed by atoms with Crippen LogP contribution >= 0.6 is 0 Å². The van der Waals surface area contributed by atoms with E-state index in [0.717, 1.165) is 0 Å². The van der Waals surface area contributed by atoms with Crippen molar-refractivity contribution in [1.29, 1.82) is 5.39 Å². The zero-order chi connectivity index (χ0) is 9.72. The summed E-state index contributed by atoms with van der Waals surface area (Å²) in [4.78, 5) is 11.2. The lowest BCUT2D eigenvalue weighted by atomic mass is 10.5. The molecule has 12 heavy (non-hydrogen) atoms. The SMILES string of the molecule is CC(C)O/C(O)=C(\[N+]#N)[N+](=O)[O-]. The van der Waals surface area contributed by atoms with Crippen molar-refractivity contribution in [2.75, 3.05) is 0 Å². The van der Waals surface area contributed by atoms with Crippen LogP contribution in [0.3, 0.4) is 0 Å². The van der Waals surface area contributed by atoms with Gasteiger partial charge in [-0.2, -0.15) is 0 Å². The maximum Gasteiger partial charge on any atom is 0.747 e. The molecule has 0 unspecified atom stereocenters. The zero-order valence-corrected chi connectivity index (χ0v) is 6.59. The van der Waals surface area contributed by atoms with Crippen LogP contribution in [-0.2, 0) is 4.74 Å². The fraction of sp³-hybridized carbons (Fsp3) is 0.600. The third-order valence-electron chi connectivity index (χ3n) is 0.806. The highest BCUT2D eigenvalue weighted by molar-refractivity contribution is 4.98. The van der Waals surface area contributed by atoms with Gasteiger partial charge >= 0.3 is 11.8 Å². The van der Waals surface area contributed by atoms with Gasteiger partial charge in [-0.1, -0.05) is 0 Å². The minimum Gasteiger partial charge on any atom is -0.470 e. The highest BCUT2D eigenvalue weighted by Crippen LogP contribution is 2.07. The predicted molar refractivity (Wildman–Crippen MR) is 38.0 cm³/mol. The third-order valence-corrected chi connectivity index (χ3v) is 0.806. The molecule has 0 amide bonds. The van der Waals surface area contributed by atoms with E-state index < -0.39 is 22.8 Å². The first kappa shape index (κ1) is 10.2. The van der Waals surface area contributed by atoms with Crippen LogP contribution in [0.4, 0.5) is 0 Å². The normalized spacial score (nSPS) is 11.8. The molecule has 1 N–H and O–H groups in total. The Bertz CT molecular complexity index is 252. The van der Waals surface area contributed by atoms with E-state index >= 15 is 0 Å². The van der Waals surface area contributed by atoms with Crippen LogP contribution in [0.15, 0.2) is 11.8 Å². The van der Waals surface area contributed by atoms with Gasteiger partial charge in [0.15, 0.2) is 4.92 Å². The van der Waals surface area contributed by atoms with Crippen molar-refractivity contribution >= 4 is 0 Å². The van der Waals surface area contributed by atoms with Crippen LogP contribution in [0, 0.1) is 15.5 Å². The molecule has 0 saturated carbocycles. The van der Waals surface area contributed by atoms with Gasteiger partial charge in [0.25, 0.3) is 4.98 Å². The topological polar surface area (TPSA) is 101 Å². The van der Waals surface area contributed by atoms with Gasteiger partial charge in [-0.25, -0.2) is 0 Å². The predicted octanol–water partition coefficient (Wildman–Crippen LogP) is 1.23. The van der Waals surface area contributed by atoms with E-state index in [-0.39, 0.29) is 0 Å². The summed E-state index contributed by atoms with van der Waals surface area (Å²) in [6.07, 6.45) is -0.429. The number of diazo groups is 1. The Labute approximate surface area is 68.0 Å². The second kappa shape index (κ2) is 4.12. The van der Waals surface area contributed by atoms with Crippen molar-refractivity contribution in [3.8, 4) is 0 Å². The summed E-state index contributed by atoms with van der Waals surface area (Å²) in [5, 5.41) is 26.9. The van der Waals surface area contributed by atoms with E-state index in [1.165, 1.54) is 0 Å². The summed E-state index contributed by atoms with van der Waals surface area (Å²) in [6.45, 7) is 3.12. The first-order chi connectivity index (χ1) is 5.49. The van der Waals surface area contributed by atoms with Gasteiger partial charge in [0.1, 0.15) is 0 Å². The van der Waals surface area contributed by atoms with Crippen molar-refractivity contribution in [1.82, 2.24) is 0 Å². The van der Waals surface area contributed by atoms with Crippen molar-refractivity contribution in [3.05, 3.63) is 26.9 Å². The molecule has 66 valence electrons. The van der Waals surface area contributed by atoms with Gasteiger partial charge in [0.05, 0.1) is 6.10 Å². The van der Waals surface area contributed by atoms with Gasteiger partial charge in [-0.05, 0) is 13.8 Å². The number of ether oxygens (including phenoxy) is 1. The Morgan fingerprint density at radius 2 is 2.25 bits per heavy atom. The Hall–Kier alpha value is -1.84. The smallest absolute Gasteiger partial charge is 0.470 e. The van der Waals surface area contributed by atoms with Gasteiger partial charge in [0.2, 0.25) is 5.39 Å². The maximum absolute atomic E-state index is 10.0. The molecule has 0 fully saturated rings. The number of hydrogen-bond acceptors (Lipinski definition) is 5. The molecule has 0 aromatic carbocycles. The van der Waals surface area contributed by atoms with Crippen LogP contribution in [0.1, 0.15) is 13.8 Å². The molecule has 0 aromatic rings. The average molecular weight is 174 g/mol. The molecule has 0 aliphatic carbocycles. The summed E-state index contributed by atoms with van der Waals surface area (Å²) >= 11 is 0. The van der Waals surface area contributed by atoms with E-state index in [4.69, 9.17) is 10.5 Å². The van der Waals surface area contributed by atoms with Gasteiger partial charge in [0, 0.05) is 0 Å². The Morgan fingerprint density at radius 3 is 2.50 bits per heavy atom. The number of aliphatic hydroxyl groups excluding tert-OH is 1. The summed E-state index contributed by atoms with van der Waals surface area (Å²) in [6, 6.07) is 0. The van der Waals surface area contributed by atoms with Crippen LogP contribution in [0.5, 0.6) is 0 Å². The van der Waals surface area contributed by atoms with Crippen molar-refractivity contribution < 1.29 is 14.8 Å². The quantitative estimate of drug-likeness (QED) is 0.300. The van der Waals surface area contributed by atoms with Gasteiger partial charge in [-0.15, -0.1) is 0 Å². The molecule has 7 heteroatoms. The van der Waals surface area contributed by atoms with E-state index in [1.54, 1.807) is 13.8 Å². The minimum atomic E-state index is -1.11. The molecule has 0 bridgehead atoms. The Balaban J connectivity index is 4.64. The van der Waals surface area contributed by atoms with Crippen LogP contribution in [0.25, 0.3) is 4.98 Å². The van der Waals surface area contributed by atoms with E-state index in [0.29, 0.717) is 0 Å². The average Bonchev–Trinajstić information content (AvgIpc) is 1.85.